The quantitative estimate of drug-likeness (QED) is 0.851. The van der Waals surface area contributed by atoms with Crippen molar-refractivity contribution in [3.63, 3.8) is 0 Å². The van der Waals surface area contributed by atoms with Crippen molar-refractivity contribution in [3.8, 4) is 0 Å². The molecule has 1 saturated carbocycles. The molecule has 0 spiro atoms. The predicted molar refractivity (Wildman–Crippen MR) is 85.0 cm³/mol. The zero-order valence-corrected chi connectivity index (χ0v) is 13.5. The largest absolute Gasteiger partial charge is 0.314 e. The van der Waals surface area contributed by atoms with Crippen molar-refractivity contribution < 1.29 is 0 Å². The Labute approximate surface area is 125 Å². The first kappa shape index (κ1) is 14.8. The summed E-state index contributed by atoms with van der Waals surface area (Å²) in [7, 11) is 0. The Hall–Kier alpha value is -0.120. The number of rotatable bonds is 4. The molecule has 3 rings (SSSR count). The van der Waals surface area contributed by atoms with E-state index in [-0.39, 0.29) is 0 Å². The molecule has 0 aromatic heterocycles. The van der Waals surface area contributed by atoms with E-state index in [2.05, 4.69) is 29.0 Å². The molecular weight excluding hydrogens is 246 g/mol. The normalized spacial score (nSPS) is 34.4. The molecule has 116 valence electrons. The van der Waals surface area contributed by atoms with Crippen molar-refractivity contribution in [2.24, 2.45) is 11.8 Å². The Morgan fingerprint density at radius 2 is 1.75 bits per heavy atom. The Balaban J connectivity index is 1.42. The van der Waals surface area contributed by atoms with Crippen LogP contribution in [0.3, 0.4) is 0 Å². The van der Waals surface area contributed by atoms with Gasteiger partial charge >= 0.3 is 0 Å². The Kier molecular flexibility index (Phi) is 5.00. The summed E-state index contributed by atoms with van der Waals surface area (Å²) in [5.74, 6) is 1.88. The molecule has 2 unspecified atom stereocenters. The van der Waals surface area contributed by atoms with Crippen LogP contribution < -0.4 is 5.32 Å². The highest BCUT2D eigenvalue weighted by atomic mass is 15.3. The summed E-state index contributed by atoms with van der Waals surface area (Å²) in [4.78, 5) is 5.50. The van der Waals surface area contributed by atoms with Gasteiger partial charge in [0.05, 0.1) is 0 Å². The van der Waals surface area contributed by atoms with Crippen molar-refractivity contribution in [1.82, 2.24) is 15.1 Å². The van der Waals surface area contributed by atoms with Crippen LogP contribution in [0.25, 0.3) is 0 Å². The molecule has 2 saturated heterocycles. The molecule has 2 atom stereocenters. The van der Waals surface area contributed by atoms with Gasteiger partial charge in [-0.2, -0.15) is 0 Å². The average molecular weight is 279 g/mol. The van der Waals surface area contributed by atoms with Crippen molar-refractivity contribution in [1.29, 1.82) is 0 Å². The van der Waals surface area contributed by atoms with E-state index in [4.69, 9.17) is 0 Å². The molecule has 3 heteroatoms. The van der Waals surface area contributed by atoms with E-state index >= 15 is 0 Å². The lowest BCUT2D eigenvalue weighted by Crippen LogP contribution is -2.65. The second-order valence-electron chi connectivity index (χ2n) is 7.71. The third-order valence-corrected chi connectivity index (χ3v) is 5.63. The molecule has 0 aromatic carbocycles. The van der Waals surface area contributed by atoms with E-state index in [0.717, 1.165) is 23.9 Å². The highest BCUT2D eigenvalue weighted by molar-refractivity contribution is 4.94. The lowest BCUT2D eigenvalue weighted by atomic mass is 9.79. The number of nitrogens with one attached hydrogen (secondary N) is 1. The number of likely N-dealkylation sites (tertiary alicyclic amines) is 1. The molecule has 0 radical (unpaired) electrons. The topological polar surface area (TPSA) is 18.5 Å². The zero-order chi connectivity index (χ0) is 13.9. The van der Waals surface area contributed by atoms with E-state index in [1.165, 1.54) is 71.4 Å². The third-order valence-electron chi connectivity index (χ3n) is 5.63. The number of hydrogen-bond acceptors (Lipinski definition) is 3. The van der Waals surface area contributed by atoms with Gasteiger partial charge in [0, 0.05) is 51.4 Å². The first-order valence-electron chi connectivity index (χ1n) is 8.91. The first-order chi connectivity index (χ1) is 9.72. The van der Waals surface area contributed by atoms with E-state index in [0.29, 0.717) is 0 Å². The molecule has 0 amide bonds. The van der Waals surface area contributed by atoms with E-state index < -0.39 is 0 Å². The van der Waals surface area contributed by atoms with Gasteiger partial charge in [0.2, 0.25) is 0 Å². The van der Waals surface area contributed by atoms with Crippen LogP contribution in [-0.4, -0.2) is 61.2 Å². The number of nitrogens with zero attached hydrogens (tertiary/aromatic N) is 2. The average Bonchev–Trinajstić information content (AvgIpc) is 2.38. The number of piperazine rings is 1. The van der Waals surface area contributed by atoms with Gasteiger partial charge in [0.15, 0.2) is 0 Å². The second kappa shape index (κ2) is 6.76. The molecular formula is C17H33N3. The van der Waals surface area contributed by atoms with Crippen molar-refractivity contribution >= 4 is 0 Å². The standard InChI is InChI=1S/C17H33N3/c1-14(2)10-15-4-3-5-16(11-15)20-12-17(13-20)19-8-6-18-7-9-19/h14-18H,3-13H2,1-2H3. The third kappa shape index (κ3) is 3.55. The summed E-state index contributed by atoms with van der Waals surface area (Å²) in [5, 5.41) is 3.46. The molecule has 2 heterocycles. The minimum absolute atomic E-state index is 0.863. The van der Waals surface area contributed by atoms with Gasteiger partial charge in [0.1, 0.15) is 0 Å². The maximum Gasteiger partial charge on any atom is 0.0351 e. The summed E-state index contributed by atoms with van der Waals surface area (Å²) in [6.45, 7) is 12.4. The highest BCUT2D eigenvalue weighted by Crippen LogP contribution is 2.34. The SMILES string of the molecule is CC(C)CC1CCCC(N2CC(N3CCNCC3)C2)C1. The Morgan fingerprint density at radius 1 is 1.00 bits per heavy atom. The van der Waals surface area contributed by atoms with Gasteiger partial charge in [0.25, 0.3) is 0 Å². The predicted octanol–water partition coefficient (Wildman–Crippen LogP) is 2.18. The maximum absolute atomic E-state index is 3.46. The molecule has 0 aromatic rings. The maximum atomic E-state index is 3.46. The number of hydrogen-bond donors (Lipinski definition) is 1. The summed E-state index contributed by atoms with van der Waals surface area (Å²) in [6.07, 6.45) is 7.35. The van der Waals surface area contributed by atoms with E-state index in [9.17, 15) is 0 Å². The molecule has 20 heavy (non-hydrogen) atoms. The summed E-state index contributed by atoms with van der Waals surface area (Å²) in [5.41, 5.74) is 0. The molecule has 3 aliphatic rings. The fourth-order valence-corrected chi connectivity index (χ4v) is 4.54. The molecule has 3 fully saturated rings. The van der Waals surface area contributed by atoms with Crippen LogP contribution in [-0.2, 0) is 0 Å². The smallest absolute Gasteiger partial charge is 0.0351 e. The van der Waals surface area contributed by atoms with Crippen molar-refractivity contribution in [3.05, 3.63) is 0 Å². The first-order valence-corrected chi connectivity index (χ1v) is 8.91. The minimum atomic E-state index is 0.863. The van der Waals surface area contributed by atoms with E-state index in [1.54, 1.807) is 0 Å². The fraction of sp³-hybridized carbons (Fsp3) is 1.00. The van der Waals surface area contributed by atoms with Crippen LogP contribution in [0.2, 0.25) is 0 Å². The summed E-state index contributed by atoms with van der Waals surface area (Å²) < 4.78 is 0. The van der Waals surface area contributed by atoms with Gasteiger partial charge < -0.3 is 5.32 Å². The van der Waals surface area contributed by atoms with Crippen LogP contribution in [0, 0.1) is 11.8 Å². The molecule has 0 bridgehead atoms. The van der Waals surface area contributed by atoms with E-state index in [1.807, 2.05) is 0 Å². The van der Waals surface area contributed by atoms with Gasteiger partial charge in [-0.3, -0.25) is 9.80 Å². The Bertz CT molecular complexity index is 293. The van der Waals surface area contributed by atoms with Crippen LogP contribution >= 0.6 is 0 Å². The van der Waals surface area contributed by atoms with Gasteiger partial charge in [-0.25, -0.2) is 0 Å². The van der Waals surface area contributed by atoms with Gasteiger partial charge in [-0.15, -0.1) is 0 Å². The molecule has 3 nitrogen and oxygen atoms in total. The lowest BCUT2D eigenvalue weighted by Gasteiger charge is -2.51. The highest BCUT2D eigenvalue weighted by Gasteiger charge is 2.37. The second-order valence-corrected chi connectivity index (χ2v) is 7.71. The monoisotopic (exact) mass is 279 g/mol. The molecule has 2 aliphatic heterocycles. The van der Waals surface area contributed by atoms with Crippen LogP contribution in [0.5, 0.6) is 0 Å². The van der Waals surface area contributed by atoms with Gasteiger partial charge in [-0.1, -0.05) is 26.7 Å². The molecule has 1 N–H and O–H groups in total. The zero-order valence-electron chi connectivity index (χ0n) is 13.5. The summed E-state index contributed by atoms with van der Waals surface area (Å²) >= 11 is 0. The van der Waals surface area contributed by atoms with Crippen molar-refractivity contribution in [2.45, 2.75) is 58.0 Å². The van der Waals surface area contributed by atoms with Gasteiger partial charge in [-0.05, 0) is 31.1 Å². The summed E-state index contributed by atoms with van der Waals surface area (Å²) in [6, 6.07) is 1.77. The Morgan fingerprint density at radius 3 is 2.45 bits per heavy atom. The van der Waals surface area contributed by atoms with Crippen LogP contribution in [0.4, 0.5) is 0 Å². The van der Waals surface area contributed by atoms with Crippen LogP contribution in [0.1, 0.15) is 46.0 Å². The van der Waals surface area contributed by atoms with Crippen LogP contribution in [0.15, 0.2) is 0 Å². The fourth-order valence-electron chi connectivity index (χ4n) is 4.54. The molecule has 1 aliphatic carbocycles. The minimum Gasteiger partial charge on any atom is -0.314 e. The van der Waals surface area contributed by atoms with Crippen molar-refractivity contribution in [2.75, 3.05) is 39.3 Å². The lowest BCUT2D eigenvalue weighted by molar-refractivity contribution is -0.0175.